The van der Waals surface area contributed by atoms with E-state index < -0.39 is 23.5 Å². The Morgan fingerprint density at radius 3 is 1.90 bits per heavy atom. The Labute approximate surface area is 185 Å². The molecule has 0 saturated carbocycles. The molecule has 2 unspecified atom stereocenters. The van der Waals surface area contributed by atoms with Gasteiger partial charge in [-0.25, -0.2) is 4.79 Å². The molecule has 5 heteroatoms. The van der Waals surface area contributed by atoms with Gasteiger partial charge in [0.25, 0.3) is 0 Å². The summed E-state index contributed by atoms with van der Waals surface area (Å²) >= 11 is 0. The van der Waals surface area contributed by atoms with E-state index in [4.69, 9.17) is 9.47 Å². The van der Waals surface area contributed by atoms with Gasteiger partial charge in [-0.15, -0.1) is 0 Å². The fourth-order valence-electron chi connectivity index (χ4n) is 3.39. The highest BCUT2D eigenvalue weighted by molar-refractivity contribution is 5.88. The Morgan fingerprint density at radius 1 is 0.839 bits per heavy atom. The van der Waals surface area contributed by atoms with Gasteiger partial charge in [0.2, 0.25) is 0 Å². The first-order chi connectivity index (χ1) is 15.0. The summed E-state index contributed by atoms with van der Waals surface area (Å²) < 4.78 is 10.9. The molecule has 0 aliphatic heterocycles. The van der Waals surface area contributed by atoms with Crippen LogP contribution < -0.4 is 0 Å². The smallest absolute Gasteiger partial charge is 0.339 e. The maximum atomic E-state index is 13.1. The molecular weight excluding hydrogens is 392 g/mol. The largest absolute Gasteiger partial charge is 0.465 e. The number of hydrogen-bond donors (Lipinski definition) is 1. The zero-order valence-electron chi connectivity index (χ0n) is 18.6. The SMILES string of the molecule is CCCCOC(=O)C(Cc1ccccc1)C(O)(Cc1ccccc1)C(=O)OCCCC. The number of unbranched alkanes of at least 4 members (excludes halogenated alkanes) is 2. The summed E-state index contributed by atoms with van der Waals surface area (Å²) in [4.78, 5) is 26.2. The van der Waals surface area contributed by atoms with Crippen molar-refractivity contribution in [2.45, 2.75) is 58.0 Å². The molecule has 0 spiro atoms. The number of esters is 2. The number of carbonyl (C=O) groups excluding carboxylic acids is 2. The number of rotatable bonds is 13. The number of aliphatic hydroxyl groups is 1. The van der Waals surface area contributed by atoms with E-state index >= 15 is 0 Å². The lowest BCUT2D eigenvalue weighted by molar-refractivity contribution is -0.181. The Bertz CT molecular complexity index is 790. The van der Waals surface area contributed by atoms with Crippen molar-refractivity contribution in [2.75, 3.05) is 13.2 Å². The maximum Gasteiger partial charge on any atom is 0.339 e. The molecule has 0 fully saturated rings. The molecule has 0 aromatic heterocycles. The van der Waals surface area contributed by atoms with Gasteiger partial charge < -0.3 is 14.6 Å². The molecule has 0 bridgehead atoms. The van der Waals surface area contributed by atoms with Gasteiger partial charge in [-0.1, -0.05) is 87.4 Å². The third-order valence-corrected chi connectivity index (χ3v) is 5.29. The fraction of sp³-hybridized carbons (Fsp3) is 0.462. The normalized spacial score (nSPS) is 13.8. The molecular formula is C26H34O5. The summed E-state index contributed by atoms with van der Waals surface area (Å²) in [6.07, 6.45) is 3.30. The van der Waals surface area contributed by atoms with Crippen LogP contribution in [0.4, 0.5) is 0 Å². The van der Waals surface area contributed by atoms with Gasteiger partial charge in [0.1, 0.15) is 5.92 Å². The van der Waals surface area contributed by atoms with Crippen LogP contribution in [0.25, 0.3) is 0 Å². The lowest BCUT2D eigenvalue weighted by Crippen LogP contribution is -2.53. The van der Waals surface area contributed by atoms with Crippen LogP contribution in [0.2, 0.25) is 0 Å². The average Bonchev–Trinajstić information content (AvgIpc) is 2.79. The number of hydrogen-bond acceptors (Lipinski definition) is 5. The molecule has 0 aliphatic rings. The first-order valence-electron chi connectivity index (χ1n) is 11.1. The van der Waals surface area contributed by atoms with Crippen molar-refractivity contribution < 1.29 is 24.2 Å². The molecule has 0 radical (unpaired) electrons. The highest BCUT2D eigenvalue weighted by Crippen LogP contribution is 2.29. The van der Waals surface area contributed by atoms with Crippen LogP contribution in [0.1, 0.15) is 50.7 Å². The molecule has 2 rings (SSSR count). The molecule has 168 valence electrons. The Morgan fingerprint density at radius 2 is 1.35 bits per heavy atom. The van der Waals surface area contributed by atoms with Crippen LogP contribution in [0, 0.1) is 5.92 Å². The van der Waals surface area contributed by atoms with Gasteiger partial charge in [0.05, 0.1) is 13.2 Å². The number of carbonyl (C=O) groups is 2. The second-order valence-corrected chi connectivity index (χ2v) is 7.84. The standard InChI is InChI=1S/C26H34O5/c1-3-5-17-30-24(27)23(19-21-13-9-7-10-14-21)26(29,25(28)31-18-6-4-2)20-22-15-11-8-12-16-22/h7-16,23,29H,3-6,17-20H2,1-2H3. The minimum absolute atomic E-state index is 0.0286. The fourth-order valence-corrected chi connectivity index (χ4v) is 3.39. The minimum atomic E-state index is -2.03. The lowest BCUT2D eigenvalue weighted by Gasteiger charge is -2.33. The van der Waals surface area contributed by atoms with Crippen LogP contribution in [0.3, 0.4) is 0 Å². The summed E-state index contributed by atoms with van der Waals surface area (Å²) in [5.41, 5.74) is -0.446. The topological polar surface area (TPSA) is 72.8 Å². The lowest BCUT2D eigenvalue weighted by atomic mass is 9.78. The van der Waals surface area contributed by atoms with Gasteiger partial charge in [0.15, 0.2) is 5.60 Å². The van der Waals surface area contributed by atoms with E-state index in [1.807, 2.05) is 74.5 Å². The maximum absolute atomic E-state index is 13.1. The number of benzene rings is 2. The molecule has 2 aromatic rings. The van der Waals surface area contributed by atoms with E-state index in [1.165, 1.54) is 0 Å². The van der Waals surface area contributed by atoms with Crippen LogP contribution in [0.5, 0.6) is 0 Å². The quantitative estimate of drug-likeness (QED) is 0.377. The highest BCUT2D eigenvalue weighted by Gasteiger charge is 2.50. The average molecular weight is 427 g/mol. The predicted octanol–water partition coefficient (Wildman–Crippen LogP) is 4.51. The first kappa shape index (κ1) is 24.6. The highest BCUT2D eigenvalue weighted by atomic mass is 16.6. The molecule has 2 atom stereocenters. The van der Waals surface area contributed by atoms with Gasteiger partial charge in [-0.05, 0) is 30.4 Å². The molecule has 31 heavy (non-hydrogen) atoms. The minimum Gasteiger partial charge on any atom is -0.465 e. The molecule has 0 amide bonds. The van der Waals surface area contributed by atoms with E-state index in [9.17, 15) is 14.7 Å². The molecule has 0 aliphatic carbocycles. The van der Waals surface area contributed by atoms with E-state index in [0.29, 0.717) is 6.42 Å². The molecule has 2 aromatic carbocycles. The Kier molecular flexibility index (Phi) is 10.2. The van der Waals surface area contributed by atoms with Gasteiger partial charge >= 0.3 is 11.9 Å². The van der Waals surface area contributed by atoms with Crippen LogP contribution in [0.15, 0.2) is 60.7 Å². The second kappa shape index (κ2) is 12.9. The predicted molar refractivity (Wildman–Crippen MR) is 120 cm³/mol. The summed E-state index contributed by atoms with van der Waals surface area (Å²) in [5.74, 6) is -2.44. The zero-order chi connectivity index (χ0) is 22.5. The third-order valence-electron chi connectivity index (χ3n) is 5.29. The third kappa shape index (κ3) is 7.51. The van der Waals surface area contributed by atoms with Crippen LogP contribution in [-0.2, 0) is 31.9 Å². The molecule has 0 saturated heterocycles. The summed E-state index contributed by atoms with van der Waals surface area (Å²) in [7, 11) is 0. The monoisotopic (exact) mass is 426 g/mol. The van der Waals surface area contributed by atoms with Crippen molar-refractivity contribution in [2.24, 2.45) is 5.92 Å². The van der Waals surface area contributed by atoms with Gasteiger partial charge in [0, 0.05) is 6.42 Å². The van der Waals surface area contributed by atoms with Crippen LogP contribution in [-0.4, -0.2) is 35.9 Å². The van der Waals surface area contributed by atoms with Crippen molar-refractivity contribution in [3.8, 4) is 0 Å². The van der Waals surface area contributed by atoms with Gasteiger partial charge in [-0.3, -0.25) is 4.79 Å². The molecule has 5 nitrogen and oxygen atoms in total. The number of ether oxygens (including phenoxy) is 2. The summed E-state index contributed by atoms with van der Waals surface area (Å²) in [6, 6.07) is 18.5. The van der Waals surface area contributed by atoms with Crippen molar-refractivity contribution >= 4 is 11.9 Å². The van der Waals surface area contributed by atoms with Crippen molar-refractivity contribution in [3.63, 3.8) is 0 Å². The summed E-state index contributed by atoms with van der Waals surface area (Å²) in [5, 5.41) is 11.7. The first-order valence-corrected chi connectivity index (χ1v) is 11.1. The Hall–Kier alpha value is -2.66. The second-order valence-electron chi connectivity index (χ2n) is 7.84. The van der Waals surface area contributed by atoms with E-state index in [1.54, 1.807) is 0 Å². The molecule has 0 heterocycles. The summed E-state index contributed by atoms with van der Waals surface area (Å²) in [6.45, 7) is 4.46. The molecule has 1 N–H and O–H groups in total. The van der Waals surface area contributed by atoms with Crippen LogP contribution >= 0.6 is 0 Å². The van der Waals surface area contributed by atoms with Crippen molar-refractivity contribution in [3.05, 3.63) is 71.8 Å². The van der Waals surface area contributed by atoms with Crippen molar-refractivity contribution in [1.82, 2.24) is 0 Å². The Balaban J connectivity index is 2.38. The van der Waals surface area contributed by atoms with E-state index in [0.717, 1.165) is 30.4 Å². The van der Waals surface area contributed by atoms with Crippen molar-refractivity contribution in [1.29, 1.82) is 0 Å². The van der Waals surface area contributed by atoms with E-state index in [2.05, 4.69) is 0 Å². The zero-order valence-corrected chi connectivity index (χ0v) is 18.6. The van der Waals surface area contributed by atoms with E-state index in [-0.39, 0.29) is 26.1 Å². The van der Waals surface area contributed by atoms with Gasteiger partial charge in [-0.2, -0.15) is 0 Å².